The summed E-state index contributed by atoms with van der Waals surface area (Å²) in [4.78, 5) is 18.7. The lowest BCUT2D eigenvalue weighted by molar-refractivity contribution is -0.113. The van der Waals surface area contributed by atoms with Crippen molar-refractivity contribution in [2.24, 2.45) is 5.92 Å². The van der Waals surface area contributed by atoms with Crippen LogP contribution >= 0.6 is 23.1 Å². The predicted octanol–water partition coefficient (Wildman–Crippen LogP) is 4.14. The van der Waals surface area contributed by atoms with Gasteiger partial charge in [-0.1, -0.05) is 6.92 Å². The van der Waals surface area contributed by atoms with E-state index in [0.29, 0.717) is 16.8 Å². The number of hydrogen-bond donors (Lipinski definition) is 1. The number of aromatic nitrogens is 1. The number of nitrogens with zero attached hydrogens (tertiary/aromatic N) is 1. The first kappa shape index (κ1) is 15.5. The number of fused-ring (bicyclic) bond motifs is 1. The molecule has 0 radical (unpaired) electrons. The molecular formula is C16H17FN2OS2. The topological polar surface area (TPSA) is 42.0 Å². The summed E-state index contributed by atoms with van der Waals surface area (Å²) >= 11 is 2.98. The molecule has 1 N–H and O–H groups in total. The maximum Gasteiger partial charge on any atom is 0.236 e. The Morgan fingerprint density at radius 3 is 3.00 bits per heavy atom. The van der Waals surface area contributed by atoms with Gasteiger partial charge in [0, 0.05) is 9.77 Å². The van der Waals surface area contributed by atoms with Crippen molar-refractivity contribution in [2.45, 2.75) is 31.1 Å². The molecule has 1 unspecified atom stereocenters. The highest BCUT2D eigenvalue weighted by molar-refractivity contribution is 8.00. The Kier molecular flexibility index (Phi) is 4.78. The number of aryl methyl sites for hydroxylation is 1. The van der Waals surface area contributed by atoms with Gasteiger partial charge in [0.25, 0.3) is 0 Å². The second kappa shape index (κ2) is 6.79. The second-order valence-electron chi connectivity index (χ2n) is 5.53. The van der Waals surface area contributed by atoms with Gasteiger partial charge < -0.3 is 5.32 Å². The lowest BCUT2D eigenvalue weighted by Gasteiger charge is -2.15. The minimum atomic E-state index is -0.267. The molecule has 1 aliphatic rings. The van der Waals surface area contributed by atoms with E-state index in [9.17, 15) is 9.18 Å². The molecule has 6 heteroatoms. The van der Waals surface area contributed by atoms with E-state index in [1.807, 2.05) is 0 Å². The molecule has 1 amide bonds. The van der Waals surface area contributed by atoms with Crippen LogP contribution in [0.2, 0.25) is 0 Å². The Bertz CT molecular complexity index is 669. The fraction of sp³-hybridized carbons (Fsp3) is 0.375. The number of nitrogens with one attached hydrogen (secondary N) is 1. The highest BCUT2D eigenvalue weighted by Crippen LogP contribution is 2.32. The van der Waals surface area contributed by atoms with Gasteiger partial charge in [0.2, 0.25) is 5.91 Å². The molecule has 0 saturated heterocycles. The van der Waals surface area contributed by atoms with Crippen molar-refractivity contribution >= 4 is 34.1 Å². The lowest BCUT2D eigenvalue weighted by atomic mass is 9.93. The molecule has 116 valence electrons. The third-order valence-corrected chi connectivity index (χ3v) is 5.66. The fourth-order valence-electron chi connectivity index (χ4n) is 2.43. The monoisotopic (exact) mass is 336 g/mol. The van der Waals surface area contributed by atoms with Crippen LogP contribution < -0.4 is 5.32 Å². The van der Waals surface area contributed by atoms with Gasteiger partial charge in [-0.25, -0.2) is 9.37 Å². The molecule has 1 aliphatic carbocycles. The summed E-state index contributed by atoms with van der Waals surface area (Å²) in [5.41, 5.74) is 1.14. The first-order chi connectivity index (χ1) is 10.6. The zero-order chi connectivity index (χ0) is 15.5. The van der Waals surface area contributed by atoms with Crippen molar-refractivity contribution in [3.05, 3.63) is 40.7 Å². The Labute approximate surface area is 137 Å². The van der Waals surface area contributed by atoms with Crippen LogP contribution in [0.15, 0.2) is 29.2 Å². The predicted molar refractivity (Wildman–Crippen MR) is 89.1 cm³/mol. The normalized spacial score (nSPS) is 17.1. The highest BCUT2D eigenvalue weighted by Gasteiger charge is 2.20. The first-order valence-corrected chi connectivity index (χ1v) is 9.07. The summed E-state index contributed by atoms with van der Waals surface area (Å²) in [5, 5.41) is 3.57. The van der Waals surface area contributed by atoms with Crippen molar-refractivity contribution in [3.8, 4) is 0 Å². The quantitative estimate of drug-likeness (QED) is 0.853. The van der Waals surface area contributed by atoms with Gasteiger partial charge in [-0.05, 0) is 49.4 Å². The van der Waals surface area contributed by atoms with Crippen LogP contribution in [0.4, 0.5) is 9.52 Å². The van der Waals surface area contributed by atoms with Crippen molar-refractivity contribution in [2.75, 3.05) is 11.1 Å². The standard InChI is InChI=1S/C16H17FN2OS2/c1-10-2-7-13-14(8-10)22-16(18-13)19-15(20)9-21-12-5-3-11(17)4-6-12/h3-6,10H,2,7-9H2,1H3,(H,18,19,20). The molecule has 2 aromatic rings. The summed E-state index contributed by atoms with van der Waals surface area (Å²) in [7, 11) is 0. The SMILES string of the molecule is CC1CCc2nc(NC(=O)CSc3ccc(F)cc3)sc2C1. The number of benzene rings is 1. The van der Waals surface area contributed by atoms with Crippen LogP contribution in [-0.4, -0.2) is 16.6 Å². The van der Waals surface area contributed by atoms with Crippen LogP contribution in [0.1, 0.15) is 23.9 Å². The molecule has 22 heavy (non-hydrogen) atoms. The van der Waals surface area contributed by atoms with Crippen LogP contribution in [0.25, 0.3) is 0 Å². The Morgan fingerprint density at radius 1 is 1.45 bits per heavy atom. The van der Waals surface area contributed by atoms with Crippen LogP contribution in [0.3, 0.4) is 0 Å². The van der Waals surface area contributed by atoms with Crippen molar-refractivity contribution < 1.29 is 9.18 Å². The van der Waals surface area contributed by atoms with E-state index in [4.69, 9.17) is 0 Å². The molecule has 0 aliphatic heterocycles. The number of hydrogen-bond acceptors (Lipinski definition) is 4. The number of anilines is 1. The van der Waals surface area contributed by atoms with Crippen LogP contribution in [-0.2, 0) is 17.6 Å². The van der Waals surface area contributed by atoms with Gasteiger partial charge >= 0.3 is 0 Å². The Morgan fingerprint density at radius 2 is 2.23 bits per heavy atom. The number of amides is 1. The van der Waals surface area contributed by atoms with E-state index in [1.54, 1.807) is 23.5 Å². The van der Waals surface area contributed by atoms with E-state index >= 15 is 0 Å². The minimum Gasteiger partial charge on any atom is -0.301 e. The molecule has 3 nitrogen and oxygen atoms in total. The molecule has 1 atom stereocenters. The lowest BCUT2D eigenvalue weighted by Crippen LogP contribution is -2.14. The number of thiazole rings is 1. The van der Waals surface area contributed by atoms with Crippen LogP contribution in [0, 0.1) is 11.7 Å². The smallest absolute Gasteiger partial charge is 0.236 e. The largest absolute Gasteiger partial charge is 0.301 e. The van der Waals surface area contributed by atoms with Crippen molar-refractivity contribution in [1.29, 1.82) is 0 Å². The van der Waals surface area contributed by atoms with E-state index in [1.165, 1.54) is 35.2 Å². The third kappa shape index (κ3) is 3.87. The zero-order valence-electron chi connectivity index (χ0n) is 12.3. The average molecular weight is 336 g/mol. The van der Waals surface area contributed by atoms with Crippen molar-refractivity contribution in [3.63, 3.8) is 0 Å². The Balaban J connectivity index is 1.54. The van der Waals surface area contributed by atoms with Gasteiger partial charge in [-0.3, -0.25) is 4.79 Å². The first-order valence-electron chi connectivity index (χ1n) is 7.27. The van der Waals surface area contributed by atoms with Gasteiger partial charge in [-0.15, -0.1) is 23.1 Å². The van der Waals surface area contributed by atoms with Gasteiger partial charge in [-0.2, -0.15) is 0 Å². The molecule has 1 aromatic carbocycles. The Hall–Kier alpha value is -1.40. The molecule has 0 bridgehead atoms. The fourth-order valence-corrected chi connectivity index (χ4v) is 4.31. The number of halogens is 1. The van der Waals surface area contributed by atoms with E-state index in [0.717, 1.165) is 23.4 Å². The van der Waals surface area contributed by atoms with Gasteiger partial charge in [0.15, 0.2) is 5.13 Å². The minimum absolute atomic E-state index is 0.0755. The number of rotatable bonds is 4. The molecule has 0 spiro atoms. The number of carbonyl (C=O) groups excluding carboxylic acids is 1. The number of thioether (sulfide) groups is 1. The molecule has 1 aromatic heterocycles. The molecular weight excluding hydrogens is 319 g/mol. The zero-order valence-corrected chi connectivity index (χ0v) is 13.9. The molecule has 0 saturated carbocycles. The van der Waals surface area contributed by atoms with E-state index < -0.39 is 0 Å². The van der Waals surface area contributed by atoms with Crippen molar-refractivity contribution in [1.82, 2.24) is 4.98 Å². The summed E-state index contributed by atoms with van der Waals surface area (Å²) in [6.45, 7) is 2.25. The van der Waals surface area contributed by atoms with Gasteiger partial charge in [0.05, 0.1) is 11.4 Å². The third-order valence-electron chi connectivity index (χ3n) is 3.62. The number of carbonyl (C=O) groups is 1. The molecule has 1 heterocycles. The summed E-state index contributed by atoms with van der Waals surface area (Å²) in [6, 6.07) is 6.15. The molecule has 3 rings (SSSR count). The van der Waals surface area contributed by atoms with E-state index in [-0.39, 0.29) is 11.7 Å². The van der Waals surface area contributed by atoms with Crippen LogP contribution in [0.5, 0.6) is 0 Å². The second-order valence-corrected chi connectivity index (χ2v) is 7.66. The van der Waals surface area contributed by atoms with Gasteiger partial charge in [0.1, 0.15) is 5.82 Å². The average Bonchev–Trinajstić information content (AvgIpc) is 2.88. The maximum absolute atomic E-state index is 12.8. The summed E-state index contributed by atoms with van der Waals surface area (Å²) < 4.78 is 12.8. The highest BCUT2D eigenvalue weighted by atomic mass is 32.2. The maximum atomic E-state index is 12.8. The molecule has 0 fully saturated rings. The summed E-state index contributed by atoms with van der Waals surface area (Å²) in [6.07, 6.45) is 3.24. The van der Waals surface area contributed by atoms with E-state index in [2.05, 4.69) is 17.2 Å². The summed E-state index contributed by atoms with van der Waals surface area (Å²) in [5.74, 6) is 0.655.